The van der Waals surface area contributed by atoms with Gasteiger partial charge in [-0.2, -0.15) is 0 Å². The summed E-state index contributed by atoms with van der Waals surface area (Å²) in [6.45, 7) is 0. The zero-order chi connectivity index (χ0) is 34.7. The van der Waals surface area contributed by atoms with Crippen LogP contribution in [0.15, 0.2) is 176 Å². The van der Waals surface area contributed by atoms with Crippen LogP contribution in [0.1, 0.15) is 56.1 Å². The van der Waals surface area contributed by atoms with E-state index in [-0.39, 0.29) is 5.41 Å². The molecule has 1 heterocycles. The van der Waals surface area contributed by atoms with Gasteiger partial charge in [0, 0.05) is 42.6 Å². The van der Waals surface area contributed by atoms with Crippen molar-refractivity contribution in [3.63, 3.8) is 0 Å². The van der Waals surface area contributed by atoms with Crippen molar-refractivity contribution in [1.82, 2.24) is 0 Å². The van der Waals surface area contributed by atoms with Gasteiger partial charge in [0.15, 0.2) is 0 Å². The predicted molar refractivity (Wildman–Crippen MR) is 224 cm³/mol. The molecule has 0 N–H and O–H groups in total. The first kappa shape index (κ1) is 32.5. The number of thiophene rings is 1. The van der Waals surface area contributed by atoms with E-state index in [0.29, 0.717) is 0 Å². The lowest BCUT2D eigenvalue weighted by Crippen LogP contribution is -2.29. The highest BCUT2D eigenvalue weighted by atomic mass is 32.1. The molecule has 52 heavy (non-hydrogen) atoms. The van der Waals surface area contributed by atoms with Crippen LogP contribution >= 0.6 is 11.3 Å². The lowest BCUT2D eigenvalue weighted by Gasteiger charge is -2.37. The van der Waals surface area contributed by atoms with Gasteiger partial charge < -0.3 is 4.90 Å². The predicted octanol–water partition coefficient (Wildman–Crippen LogP) is 14.9. The minimum Gasteiger partial charge on any atom is -0.310 e. The number of rotatable bonds is 7. The summed E-state index contributed by atoms with van der Waals surface area (Å²) in [5.41, 5.74) is 11.4. The molecule has 1 aliphatic carbocycles. The Labute approximate surface area is 311 Å². The van der Waals surface area contributed by atoms with E-state index >= 15 is 0 Å². The van der Waals surface area contributed by atoms with Crippen LogP contribution in [0.5, 0.6) is 0 Å². The largest absolute Gasteiger partial charge is 0.310 e. The second-order valence-electron chi connectivity index (χ2n) is 14.3. The summed E-state index contributed by atoms with van der Waals surface area (Å²) >= 11 is 1.88. The Hall–Kier alpha value is -5.44. The maximum Gasteiger partial charge on any atom is 0.0468 e. The fourth-order valence-corrected chi connectivity index (χ4v) is 9.75. The average molecular weight is 690 g/mol. The van der Waals surface area contributed by atoms with Gasteiger partial charge in [-0.3, -0.25) is 0 Å². The fourth-order valence-electron chi connectivity index (χ4n) is 8.63. The normalized spacial score (nSPS) is 14.5. The maximum atomic E-state index is 2.44. The number of anilines is 3. The summed E-state index contributed by atoms with van der Waals surface area (Å²) in [7, 11) is 0. The van der Waals surface area contributed by atoms with E-state index in [1.165, 1.54) is 110 Å². The maximum absolute atomic E-state index is 2.44. The highest BCUT2D eigenvalue weighted by molar-refractivity contribution is 7.26. The second kappa shape index (κ2) is 14.3. The molecule has 0 atom stereocenters. The Bertz CT molecular complexity index is 2400. The van der Waals surface area contributed by atoms with E-state index in [9.17, 15) is 0 Å². The fraction of sp³-hybridized carbons (Fsp3) is 0.160. The molecular formula is C50H43NS. The summed E-state index contributed by atoms with van der Waals surface area (Å²) in [5.74, 6) is 0. The molecule has 0 saturated heterocycles. The van der Waals surface area contributed by atoms with E-state index in [2.05, 4.69) is 181 Å². The number of hydrogen-bond acceptors (Lipinski definition) is 2. The molecule has 8 aromatic rings. The SMILES string of the molecule is c1ccc(-c2ccc(N(c3ccc(C4(c5ccccc5)CCCCCCC4)cc3)c3ccc4sc5cccc(-c6ccccc6)c5c4c3)cc2)cc1. The molecule has 0 amide bonds. The highest BCUT2D eigenvalue weighted by Gasteiger charge is 2.34. The average Bonchev–Trinajstić information content (AvgIpc) is 3.58. The summed E-state index contributed by atoms with van der Waals surface area (Å²) in [6, 6.07) is 65.3. The van der Waals surface area contributed by atoms with Gasteiger partial charge in [0.1, 0.15) is 0 Å². The quantitative estimate of drug-likeness (QED) is 0.161. The van der Waals surface area contributed by atoms with Crippen molar-refractivity contribution in [2.24, 2.45) is 0 Å². The molecule has 1 aromatic heterocycles. The molecule has 9 rings (SSSR count). The third-order valence-electron chi connectivity index (χ3n) is 11.3. The molecule has 1 saturated carbocycles. The Morgan fingerprint density at radius 2 is 0.942 bits per heavy atom. The van der Waals surface area contributed by atoms with Gasteiger partial charge in [0.25, 0.3) is 0 Å². The standard InChI is InChI=1S/C50H43NS/c1-2-13-34-50(35-14-3-1,40-20-11-6-12-21-40)41-26-30-43(31-27-41)51(42-28-24-38(25-29-42)37-16-7-4-8-17-37)44-32-33-47-46(36-44)49-45(22-15-23-48(49)52-47)39-18-9-5-10-19-39/h4-12,15-33,36H,1-3,13-14,34-35H2. The first-order valence-corrected chi connectivity index (χ1v) is 19.7. The highest BCUT2D eigenvalue weighted by Crippen LogP contribution is 2.46. The Kier molecular flexibility index (Phi) is 8.92. The van der Waals surface area contributed by atoms with Crippen molar-refractivity contribution >= 4 is 48.6 Å². The van der Waals surface area contributed by atoms with Crippen LogP contribution in [-0.2, 0) is 5.41 Å². The van der Waals surface area contributed by atoms with E-state index in [1.807, 2.05) is 11.3 Å². The molecule has 0 bridgehead atoms. The number of nitrogens with zero attached hydrogens (tertiary/aromatic N) is 1. The molecule has 0 radical (unpaired) electrons. The molecular weight excluding hydrogens is 647 g/mol. The van der Waals surface area contributed by atoms with Gasteiger partial charge in [-0.1, -0.05) is 159 Å². The van der Waals surface area contributed by atoms with Crippen molar-refractivity contribution < 1.29 is 0 Å². The Morgan fingerprint density at radius 1 is 0.404 bits per heavy atom. The molecule has 1 aliphatic rings. The first-order valence-electron chi connectivity index (χ1n) is 18.9. The molecule has 1 fully saturated rings. The van der Waals surface area contributed by atoms with Crippen LogP contribution < -0.4 is 4.90 Å². The molecule has 7 aromatic carbocycles. The topological polar surface area (TPSA) is 3.24 Å². The van der Waals surface area contributed by atoms with E-state index < -0.39 is 0 Å². The van der Waals surface area contributed by atoms with Crippen LogP contribution in [-0.4, -0.2) is 0 Å². The van der Waals surface area contributed by atoms with Gasteiger partial charge in [-0.25, -0.2) is 0 Å². The van der Waals surface area contributed by atoms with Crippen molar-refractivity contribution in [1.29, 1.82) is 0 Å². The van der Waals surface area contributed by atoms with E-state index in [0.717, 1.165) is 5.69 Å². The summed E-state index contributed by atoms with van der Waals surface area (Å²) in [5, 5.41) is 2.64. The van der Waals surface area contributed by atoms with Crippen molar-refractivity contribution in [2.75, 3.05) is 4.90 Å². The smallest absolute Gasteiger partial charge is 0.0468 e. The number of hydrogen-bond donors (Lipinski definition) is 0. The van der Waals surface area contributed by atoms with Crippen molar-refractivity contribution in [2.45, 2.75) is 50.4 Å². The molecule has 2 heteroatoms. The summed E-state index contributed by atoms with van der Waals surface area (Å²) in [4.78, 5) is 2.44. The van der Waals surface area contributed by atoms with Gasteiger partial charge in [0.05, 0.1) is 0 Å². The van der Waals surface area contributed by atoms with E-state index in [1.54, 1.807) is 0 Å². The minimum absolute atomic E-state index is 0.0463. The minimum atomic E-state index is 0.0463. The third-order valence-corrected chi connectivity index (χ3v) is 12.4. The van der Waals surface area contributed by atoms with Crippen molar-refractivity contribution in [3.05, 3.63) is 187 Å². The van der Waals surface area contributed by atoms with Crippen LogP contribution in [0.2, 0.25) is 0 Å². The lowest BCUT2D eigenvalue weighted by molar-refractivity contribution is 0.366. The van der Waals surface area contributed by atoms with Crippen LogP contribution in [0.3, 0.4) is 0 Å². The Balaban J connectivity index is 1.18. The Morgan fingerprint density at radius 3 is 1.62 bits per heavy atom. The first-order chi connectivity index (χ1) is 25.8. The van der Waals surface area contributed by atoms with Crippen LogP contribution in [0, 0.1) is 0 Å². The molecule has 0 aliphatic heterocycles. The zero-order valence-corrected chi connectivity index (χ0v) is 30.4. The van der Waals surface area contributed by atoms with E-state index in [4.69, 9.17) is 0 Å². The molecule has 254 valence electrons. The van der Waals surface area contributed by atoms with Gasteiger partial charge in [0.2, 0.25) is 0 Å². The molecule has 1 nitrogen and oxygen atoms in total. The monoisotopic (exact) mass is 689 g/mol. The molecule has 0 unspecified atom stereocenters. The van der Waals surface area contributed by atoms with Gasteiger partial charge in [-0.05, 0) is 94.8 Å². The molecule has 0 spiro atoms. The second-order valence-corrected chi connectivity index (χ2v) is 15.4. The summed E-state index contributed by atoms with van der Waals surface area (Å²) < 4.78 is 2.63. The number of fused-ring (bicyclic) bond motifs is 3. The van der Waals surface area contributed by atoms with Gasteiger partial charge >= 0.3 is 0 Å². The van der Waals surface area contributed by atoms with Crippen LogP contribution in [0.25, 0.3) is 42.4 Å². The van der Waals surface area contributed by atoms with Crippen molar-refractivity contribution in [3.8, 4) is 22.3 Å². The third kappa shape index (κ3) is 6.12. The number of benzene rings is 7. The lowest BCUT2D eigenvalue weighted by atomic mass is 9.67. The summed E-state index contributed by atoms with van der Waals surface area (Å²) in [6.07, 6.45) is 8.96. The van der Waals surface area contributed by atoms with Crippen LogP contribution in [0.4, 0.5) is 17.1 Å². The van der Waals surface area contributed by atoms with Gasteiger partial charge in [-0.15, -0.1) is 11.3 Å². The zero-order valence-electron chi connectivity index (χ0n) is 29.5.